The van der Waals surface area contributed by atoms with E-state index in [1.807, 2.05) is 0 Å². The van der Waals surface area contributed by atoms with Gasteiger partial charge in [0.15, 0.2) is 11.5 Å². The van der Waals surface area contributed by atoms with Gasteiger partial charge in [-0.25, -0.2) is 4.79 Å². The van der Waals surface area contributed by atoms with Crippen molar-refractivity contribution in [1.82, 2.24) is 5.32 Å². The minimum atomic E-state index is -0.386. The predicted octanol–water partition coefficient (Wildman–Crippen LogP) is 2.56. The summed E-state index contributed by atoms with van der Waals surface area (Å²) in [5.74, 6) is 0.663. The number of methoxy groups -OCH3 is 1. The molecule has 3 rings (SSSR count). The first kappa shape index (κ1) is 16.8. The highest BCUT2D eigenvalue weighted by Gasteiger charge is 2.14. The first-order valence-corrected chi connectivity index (χ1v) is 8.02. The van der Waals surface area contributed by atoms with Gasteiger partial charge < -0.3 is 19.5 Å². The van der Waals surface area contributed by atoms with Crippen LogP contribution in [0.3, 0.4) is 0 Å². The number of amides is 1. The van der Waals surface area contributed by atoms with Crippen molar-refractivity contribution in [1.29, 1.82) is 0 Å². The van der Waals surface area contributed by atoms with E-state index in [1.54, 1.807) is 42.5 Å². The van der Waals surface area contributed by atoms with Crippen LogP contribution in [-0.4, -0.2) is 32.2 Å². The number of ether oxygens (including phenoxy) is 3. The van der Waals surface area contributed by atoms with Crippen molar-refractivity contribution in [3.8, 4) is 11.5 Å². The summed E-state index contributed by atoms with van der Waals surface area (Å²) < 4.78 is 15.8. The first-order chi connectivity index (χ1) is 12.2. The van der Waals surface area contributed by atoms with Crippen molar-refractivity contribution < 1.29 is 23.8 Å². The first-order valence-electron chi connectivity index (χ1n) is 8.02. The van der Waals surface area contributed by atoms with Gasteiger partial charge in [0.05, 0.1) is 25.9 Å². The molecule has 25 heavy (non-hydrogen) atoms. The zero-order valence-corrected chi connectivity index (χ0v) is 13.9. The lowest BCUT2D eigenvalue weighted by Crippen LogP contribution is -2.22. The van der Waals surface area contributed by atoms with E-state index in [0.29, 0.717) is 42.4 Å². The number of esters is 1. The standard InChI is InChI=1S/C19H19NO5/c1-23-19(22)14-5-3-13(4-6-14)12-20-18(21)15-7-8-16-17(11-15)25-10-2-9-24-16/h3-8,11H,2,9-10,12H2,1H3,(H,20,21). The van der Waals surface area contributed by atoms with Crippen LogP contribution in [0.2, 0.25) is 0 Å². The van der Waals surface area contributed by atoms with Crippen molar-refractivity contribution in [2.24, 2.45) is 0 Å². The Hall–Kier alpha value is -3.02. The predicted molar refractivity (Wildman–Crippen MR) is 91.0 cm³/mol. The molecular weight excluding hydrogens is 322 g/mol. The summed E-state index contributed by atoms with van der Waals surface area (Å²) in [4.78, 5) is 23.7. The molecule has 0 atom stereocenters. The molecule has 0 aliphatic carbocycles. The average molecular weight is 341 g/mol. The molecule has 0 unspecified atom stereocenters. The quantitative estimate of drug-likeness (QED) is 0.865. The number of hydrogen-bond donors (Lipinski definition) is 1. The van der Waals surface area contributed by atoms with Crippen LogP contribution in [0.25, 0.3) is 0 Å². The fraction of sp³-hybridized carbons (Fsp3) is 0.263. The van der Waals surface area contributed by atoms with Crippen LogP contribution in [0.15, 0.2) is 42.5 Å². The third-order valence-electron chi connectivity index (χ3n) is 3.84. The van der Waals surface area contributed by atoms with Gasteiger partial charge >= 0.3 is 5.97 Å². The third-order valence-corrected chi connectivity index (χ3v) is 3.84. The molecule has 6 nitrogen and oxygen atoms in total. The molecule has 0 aromatic heterocycles. The fourth-order valence-corrected chi connectivity index (χ4v) is 2.47. The van der Waals surface area contributed by atoms with Crippen LogP contribution in [0.1, 0.15) is 32.7 Å². The molecule has 130 valence electrons. The van der Waals surface area contributed by atoms with E-state index in [0.717, 1.165) is 12.0 Å². The zero-order chi connectivity index (χ0) is 17.6. The lowest BCUT2D eigenvalue weighted by atomic mass is 10.1. The van der Waals surface area contributed by atoms with Crippen LogP contribution in [0.5, 0.6) is 11.5 Å². The number of nitrogens with one attached hydrogen (secondary N) is 1. The lowest BCUT2D eigenvalue weighted by Gasteiger charge is -2.10. The van der Waals surface area contributed by atoms with Crippen LogP contribution >= 0.6 is 0 Å². The summed E-state index contributed by atoms with van der Waals surface area (Å²) in [6, 6.07) is 12.0. The van der Waals surface area contributed by atoms with E-state index in [2.05, 4.69) is 10.1 Å². The molecule has 0 spiro atoms. The number of hydrogen-bond acceptors (Lipinski definition) is 5. The monoisotopic (exact) mass is 341 g/mol. The molecule has 0 fully saturated rings. The van der Waals surface area contributed by atoms with Crippen molar-refractivity contribution in [3.63, 3.8) is 0 Å². The second kappa shape index (κ2) is 7.70. The number of rotatable bonds is 4. The SMILES string of the molecule is COC(=O)c1ccc(CNC(=O)c2ccc3c(c2)OCCCO3)cc1. The van der Waals surface area contributed by atoms with E-state index in [-0.39, 0.29) is 11.9 Å². The third kappa shape index (κ3) is 4.09. The molecule has 1 amide bonds. The minimum Gasteiger partial charge on any atom is -0.490 e. The Labute approximate surface area is 145 Å². The van der Waals surface area contributed by atoms with Crippen molar-refractivity contribution >= 4 is 11.9 Å². The Balaban J connectivity index is 1.62. The van der Waals surface area contributed by atoms with Gasteiger partial charge in [-0.2, -0.15) is 0 Å². The molecule has 1 aliphatic heterocycles. The molecule has 0 saturated carbocycles. The summed E-state index contributed by atoms with van der Waals surface area (Å²) in [6.07, 6.45) is 0.817. The largest absolute Gasteiger partial charge is 0.490 e. The number of carbonyl (C=O) groups is 2. The Morgan fingerprint density at radius 3 is 2.40 bits per heavy atom. The Morgan fingerprint density at radius 2 is 1.68 bits per heavy atom. The maximum atomic E-state index is 12.3. The molecular formula is C19H19NO5. The van der Waals surface area contributed by atoms with Gasteiger partial charge in [0.2, 0.25) is 0 Å². The van der Waals surface area contributed by atoms with Gasteiger partial charge in [0.1, 0.15) is 0 Å². The molecule has 0 bridgehead atoms. The Morgan fingerprint density at radius 1 is 1.00 bits per heavy atom. The maximum absolute atomic E-state index is 12.3. The van der Waals surface area contributed by atoms with Gasteiger partial charge in [-0.1, -0.05) is 12.1 Å². The van der Waals surface area contributed by atoms with E-state index < -0.39 is 0 Å². The second-order valence-corrected chi connectivity index (χ2v) is 5.58. The minimum absolute atomic E-state index is 0.201. The van der Waals surface area contributed by atoms with E-state index >= 15 is 0 Å². The number of benzene rings is 2. The van der Waals surface area contributed by atoms with Gasteiger partial charge in [-0.3, -0.25) is 4.79 Å². The van der Waals surface area contributed by atoms with Gasteiger partial charge in [0, 0.05) is 18.5 Å². The van der Waals surface area contributed by atoms with Gasteiger partial charge in [-0.05, 0) is 35.9 Å². The normalized spacial score (nSPS) is 12.8. The van der Waals surface area contributed by atoms with Gasteiger partial charge in [0.25, 0.3) is 5.91 Å². The van der Waals surface area contributed by atoms with Crippen LogP contribution in [0.4, 0.5) is 0 Å². The molecule has 6 heteroatoms. The number of fused-ring (bicyclic) bond motifs is 1. The molecule has 1 heterocycles. The molecule has 1 aliphatic rings. The summed E-state index contributed by atoms with van der Waals surface area (Å²) in [6.45, 7) is 1.54. The molecule has 2 aromatic rings. The van der Waals surface area contributed by atoms with E-state index in [4.69, 9.17) is 9.47 Å². The second-order valence-electron chi connectivity index (χ2n) is 5.58. The average Bonchev–Trinajstić information content (AvgIpc) is 2.90. The van der Waals surface area contributed by atoms with E-state index in [9.17, 15) is 9.59 Å². The van der Waals surface area contributed by atoms with Crippen LogP contribution in [-0.2, 0) is 11.3 Å². The Bertz CT molecular complexity index is 770. The fourth-order valence-electron chi connectivity index (χ4n) is 2.47. The Kier molecular flexibility index (Phi) is 5.18. The van der Waals surface area contributed by atoms with E-state index in [1.165, 1.54) is 7.11 Å². The molecule has 1 N–H and O–H groups in total. The van der Waals surface area contributed by atoms with Crippen molar-refractivity contribution in [3.05, 3.63) is 59.2 Å². The molecule has 0 saturated heterocycles. The molecule has 2 aromatic carbocycles. The highest BCUT2D eigenvalue weighted by atomic mass is 16.5. The number of carbonyl (C=O) groups excluding carboxylic acids is 2. The summed E-state index contributed by atoms with van der Waals surface area (Å²) in [5.41, 5.74) is 1.87. The smallest absolute Gasteiger partial charge is 0.337 e. The van der Waals surface area contributed by atoms with Gasteiger partial charge in [-0.15, -0.1) is 0 Å². The summed E-state index contributed by atoms with van der Waals surface area (Å²) in [7, 11) is 1.34. The summed E-state index contributed by atoms with van der Waals surface area (Å²) in [5, 5.41) is 2.85. The lowest BCUT2D eigenvalue weighted by molar-refractivity contribution is 0.0600. The van der Waals surface area contributed by atoms with Crippen molar-refractivity contribution in [2.75, 3.05) is 20.3 Å². The zero-order valence-electron chi connectivity index (χ0n) is 13.9. The maximum Gasteiger partial charge on any atom is 0.337 e. The topological polar surface area (TPSA) is 73.9 Å². The highest BCUT2D eigenvalue weighted by molar-refractivity contribution is 5.95. The van der Waals surface area contributed by atoms with Crippen molar-refractivity contribution in [2.45, 2.75) is 13.0 Å². The van der Waals surface area contributed by atoms with Crippen LogP contribution < -0.4 is 14.8 Å². The highest BCUT2D eigenvalue weighted by Crippen LogP contribution is 2.30. The summed E-state index contributed by atoms with van der Waals surface area (Å²) >= 11 is 0. The van der Waals surface area contributed by atoms with Crippen LogP contribution in [0, 0.1) is 0 Å². The molecule has 0 radical (unpaired) electrons.